The van der Waals surface area contributed by atoms with Crippen LogP contribution in [0.15, 0.2) is 146 Å². The van der Waals surface area contributed by atoms with E-state index in [2.05, 4.69) is 79.5 Å². The third-order valence-corrected chi connectivity index (χ3v) is 7.22. The first-order chi connectivity index (χ1) is 23.1. The summed E-state index contributed by atoms with van der Waals surface area (Å²) in [5.41, 5.74) is 0.385. The molecule has 5 heterocycles. The second-order valence-electron chi connectivity index (χ2n) is 9.84. The molecule has 8 nitrogen and oxygen atoms in total. The topological polar surface area (TPSA) is 119 Å². The van der Waals surface area contributed by atoms with Crippen molar-refractivity contribution >= 4 is 53.7 Å². The van der Waals surface area contributed by atoms with Gasteiger partial charge in [0.05, 0.1) is 22.1 Å². The molecule has 8 aromatic rings. The molecule has 0 aliphatic rings. The zero-order chi connectivity index (χ0) is 34.0. The number of hydrogen-bond donors (Lipinski definition) is 1. The van der Waals surface area contributed by atoms with Crippen LogP contribution in [-0.2, 0) is 29.6 Å². The molecule has 3 aromatic carbocycles. The number of alkyl halides is 3. The maximum Gasteiger partial charge on any atom is 3.00 e. The molecule has 5 aromatic heterocycles. The summed E-state index contributed by atoms with van der Waals surface area (Å²) in [6, 6.07) is 41.1. The van der Waals surface area contributed by atoms with Crippen LogP contribution in [0.25, 0.3) is 54.9 Å². The maximum absolute atomic E-state index is 10.7. The minimum atomic E-state index is -5.84. The maximum atomic E-state index is 10.7. The molecule has 0 spiro atoms. The van der Waals surface area contributed by atoms with Crippen molar-refractivity contribution in [3.05, 3.63) is 152 Å². The minimum absolute atomic E-state index is 0. The van der Waals surface area contributed by atoms with Crippen LogP contribution < -0.4 is 0 Å². The van der Waals surface area contributed by atoms with E-state index in [0.717, 1.165) is 54.9 Å². The summed E-state index contributed by atoms with van der Waals surface area (Å²) >= 11 is 0. The Kier molecular flexibility index (Phi) is 12.5. The van der Waals surface area contributed by atoms with Gasteiger partial charge < -0.3 is 4.98 Å². The SMILES string of the molecule is O=S(=O)(O)C(F)(F)F.[Ru+3].[c-]1ccccc1-c1ccccn1.c1cnc2c(c1)ccc1cccnc12.c1cnc2c(c1)ccc1cccnc12. The predicted octanol–water partition coefficient (Wildman–Crippen LogP) is 8.51. The van der Waals surface area contributed by atoms with E-state index in [4.69, 9.17) is 13.0 Å². The number of nitrogens with zero attached hydrogens (tertiary/aromatic N) is 5. The second-order valence-corrected chi connectivity index (χ2v) is 11.3. The minimum Gasteiger partial charge on any atom is -0.305 e. The molecule has 0 saturated carbocycles. The van der Waals surface area contributed by atoms with Gasteiger partial charge in [-0.1, -0.05) is 60.7 Å². The van der Waals surface area contributed by atoms with Gasteiger partial charge in [0, 0.05) is 52.5 Å². The Hall–Kier alpha value is -5.23. The summed E-state index contributed by atoms with van der Waals surface area (Å²) in [5.74, 6) is 0. The zero-order valence-corrected chi connectivity index (χ0v) is 27.8. The Bertz CT molecular complexity index is 2130. The van der Waals surface area contributed by atoms with Crippen LogP contribution in [0.5, 0.6) is 0 Å². The number of benzene rings is 3. The first-order valence-electron chi connectivity index (χ1n) is 14.2. The van der Waals surface area contributed by atoms with Crippen LogP contribution in [0.2, 0.25) is 0 Å². The van der Waals surface area contributed by atoms with Gasteiger partial charge in [0.15, 0.2) is 0 Å². The molecule has 245 valence electrons. The third-order valence-electron chi connectivity index (χ3n) is 6.63. The standard InChI is InChI=1S/2C12H8N2.C11H8N.CHF3O3S.Ru/c2*1-3-9-5-6-10-4-2-8-14-12(10)11(9)13-7-1;1-2-6-10(7-3-1)11-8-4-5-9-12-11;2-1(3,4)8(5,6)7;/h2*1-8H;1-6,8-9H;(H,5,6,7);/q;;-1;;+3. The Morgan fingerprint density at radius 1 is 0.510 bits per heavy atom. The molecule has 0 amide bonds. The molecular formula is C36H25F3N5O3RuS+2. The number of fused-ring (bicyclic) bond motifs is 6. The largest absolute Gasteiger partial charge is 3.00 e. The van der Waals surface area contributed by atoms with Gasteiger partial charge in [-0.15, -0.1) is 35.9 Å². The second kappa shape index (κ2) is 16.7. The number of halogens is 3. The van der Waals surface area contributed by atoms with Crippen LogP contribution in [-0.4, -0.2) is 43.4 Å². The fraction of sp³-hybridized carbons (Fsp3) is 0.0278. The van der Waals surface area contributed by atoms with Gasteiger partial charge in [-0.25, -0.2) is 0 Å². The van der Waals surface area contributed by atoms with Crippen molar-refractivity contribution < 1.29 is 45.6 Å². The van der Waals surface area contributed by atoms with E-state index in [1.165, 1.54) is 0 Å². The van der Waals surface area contributed by atoms with Crippen LogP contribution in [0, 0.1) is 6.07 Å². The summed E-state index contributed by atoms with van der Waals surface area (Å²) in [7, 11) is -5.84. The van der Waals surface area contributed by atoms with Gasteiger partial charge in [0.1, 0.15) is 0 Å². The number of aromatic nitrogens is 5. The van der Waals surface area contributed by atoms with E-state index < -0.39 is 15.6 Å². The van der Waals surface area contributed by atoms with E-state index in [0.29, 0.717) is 0 Å². The fourth-order valence-corrected chi connectivity index (χ4v) is 4.43. The Balaban J connectivity index is 0.000000149. The predicted molar refractivity (Wildman–Crippen MR) is 180 cm³/mol. The molecule has 8 rings (SSSR count). The first-order valence-corrected chi connectivity index (χ1v) is 15.6. The Morgan fingerprint density at radius 2 is 0.878 bits per heavy atom. The van der Waals surface area contributed by atoms with Crippen molar-refractivity contribution in [2.24, 2.45) is 0 Å². The molecule has 0 unspecified atom stereocenters. The third kappa shape index (κ3) is 9.67. The van der Waals surface area contributed by atoms with Crippen molar-refractivity contribution in [3.63, 3.8) is 0 Å². The van der Waals surface area contributed by atoms with Crippen LogP contribution in [0.1, 0.15) is 0 Å². The number of hydrogen-bond acceptors (Lipinski definition) is 7. The molecular weight excluding hydrogens is 741 g/mol. The van der Waals surface area contributed by atoms with Gasteiger partial charge in [-0.3, -0.25) is 24.5 Å². The van der Waals surface area contributed by atoms with Gasteiger partial charge in [0.2, 0.25) is 0 Å². The molecule has 0 aliphatic carbocycles. The first kappa shape index (κ1) is 36.6. The smallest absolute Gasteiger partial charge is 0.305 e. The van der Waals surface area contributed by atoms with Crippen molar-refractivity contribution in [1.82, 2.24) is 24.9 Å². The summed E-state index contributed by atoms with van der Waals surface area (Å²) in [4.78, 5) is 21.6. The molecule has 0 fully saturated rings. The molecule has 1 N–H and O–H groups in total. The molecule has 1 radical (unpaired) electrons. The Morgan fingerprint density at radius 3 is 1.18 bits per heavy atom. The fourth-order valence-electron chi connectivity index (χ4n) is 4.43. The van der Waals surface area contributed by atoms with Crippen LogP contribution in [0.3, 0.4) is 0 Å². The zero-order valence-electron chi connectivity index (χ0n) is 25.3. The van der Waals surface area contributed by atoms with Crippen LogP contribution >= 0.6 is 0 Å². The molecule has 0 atom stereocenters. The quantitative estimate of drug-likeness (QED) is 0.0581. The molecule has 13 heteroatoms. The summed E-state index contributed by atoms with van der Waals surface area (Å²) in [6.07, 6.45) is 9.00. The van der Waals surface area contributed by atoms with Gasteiger partial charge in [-0.05, 0) is 36.0 Å². The molecule has 0 aliphatic heterocycles. The summed E-state index contributed by atoms with van der Waals surface area (Å²) in [5, 5.41) is 4.55. The normalized spacial score (nSPS) is 10.9. The van der Waals surface area contributed by atoms with E-state index in [1.807, 2.05) is 66.7 Å². The average Bonchev–Trinajstić information content (AvgIpc) is 3.12. The molecule has 49 heavy (non-hydrogen) atoms. The van der Waals surface area contributed by atoms with Crippen molar-refractivity contribution in [1.29, 1.82) is 0 Å². The average molecular weight is 766 g/mol. The van der Waals surface area contributed by atoms with Crippen LogP contribution in [0.4, 0.5) is 13.2 Å². The van der Waals surface area contributed by atoms with Gasteiger partial charge >= 0.3 is 35.1 Å². The summed E-state index contributed by atoms with van der Waals surface area (Å²) in [6.45, 7) is 0. The van der Waals surface area contributed by atoms with E-state index >= 15 is 0 Å². The van der Waals surface area contributed by atoms with E-state index in [-0.39, 0.29) is 19.5 Å². The number of pyridine rings is 5. The monoisotopic (exact) mass is 766 g/mol. The van der Waals surface area contributed by atoms with E-state index in [1.54, 1.807) is 31.0 Å². The van der Waals surface area contributed by atoms with Gasteiger partial charge in [0.25, 0.3) is 0 Å². The molecule has 0 saturated heterocycles. The van der Waals surface area contributed by atoms with Crippen molar-refractivity contribution in [2.45, 2.75) is 5.51 Å². The van der Waals surface area contributed by atoms with Crippen molar-refractivity contribution in [2.75, 3.05) is 0 Å². The summed E-state index contributed by atoms with van der Waals surface area (Å²) < 4.78 is 57.5. The van der Waals surface area contributed by atoms with E-state index in [9.17, 15) is 13.2 Å². The van der Waals surface area contributed by atoms with Crippen molar-refractivity contribution in [3.8, 4) is 11.3 Å². The Labute approximate surface area is 292 Å². The number of rotatable bonds is 1. The van der Waals surface area contributed by atoms with Gasteiger partial charge in [-0.2, -0.15) is 21.6 Å². The molecule has 0 bridgehead atoms.